The number of benzene rings is 1. The van der Waals surface area contributed by atoms with Gasteiger partial charge in [-0.3, -0.25) is 4.79 Å². The van der Waals surface area contributed by atoms with Crippen molar-refractivity contribution in [1.29, 1.82) is 0 Å². The molecular formula is C22H25N3O4S. The Hall–Kier alpha value is -2.87. The molecule has 0 N–H and O–H groups in total. The van der Waals surface area contributed by atoms with E-state index >= 15 is 0 Å². The van der Waals surface area contributed by atoms with Gasteiger partial charge >= 0.3 is 0 Å². The molecule has 3 aromatic rings. The summed E-state index contributed by atoms with van der Waals surface area (Å²) in [6.45, 7) is 4.71. The third-order valence-electron chi connectivity index (χ3n) is 5.39. The number of carbonyl (C=O) groups is 1. The SMILES string of the molecule is CCN(C(=O)c1ccc(OCc2cn3cc(C)ccc3n2)cc1)[C@H]1CCS(=O)(=O)C1. The van der Waals surface area contributed by atoms with Gasteiger partial charge in [0, 0.05) is 30.5 Å². The Balaban J connectivity index is 1.41. The highest BCUT2D eigenvalue weighted by Crippen LogP contribution is 2.21. The second kappa shape index (κ2) is 8.10. The zero-order chi connectivity index (χ0) is 21.3. The maximum atomic E-state index is 12.9. The van der Waals surface area contributed by atoms with E-state index in [1.807, 2.05) is 42.8 Å². The summed E-state index contributed by atoms with van der Waals surface area (Å²) in [6, 6.07) is 10.7. The topological polar surface area (TPSA) is 81.0 Å². The summed E-state index contributed by atoms with van der Waals surface area (Å²) in [5, 5.41) is 0. The molecule has 0 radical (unpaired) electrons. The number of rotatable bonds is 6. The molecule has 1 fully saturated rings. The molecule has 1 aromatic carbocycles. The number of hydrogen-bond acceptors (Lipinski definition) is 5. The zero-order valence-corrected chi connectivity index (χ0v) is 17.9. The molecule has 1 aliphatic heterocycles. The lowest BCUT2D eigenvalue weighted by atomic mass is 10.1. The van der Waals surface area contributed by atoms with Crippen LogP contribution in [0.15, 0.2) is 48.8 Å². The van der Waals surface area contributed by atoms with E-state index in [1.54, 1.807) is 29.2 Å². The number of imidazole rings is 1. The molecule has 158 valence electrons. The Morgan fingerprint density at radius 2 is 1.97 bits per heavy atom. The summed E-state index contributed by atoms with van der Waals surface area (Å²) in [5.74, 6) is 0.691. The molecule has 7 nitrogen and oxygen atoms in total. The molecule has 1 saturated heterocycles. The van der Waals surface area contributed by atoms with E-state index in [2.05, 4.69) is 4.98 Å². The van der Waals surface area contributed by atoms with Gasteiger partial charge in [0.05, 0.1) is 17.2 Å². The predicted molar refractivity (Wildman–Crippen MR) is 114 cm³/mol. The number of fused-ring (bicyclic) bond motifs is 1. The molecule has 1 atom stereocenters. The fourth-order valence-corrected chi connectivity index (χ4v) is 5.56. The standard InChI is InChI=1S/C22H25N3O4S/c1-3-25(19-10-11-30(27,28)15-19)22(26)17-5-7-20(8-6-17)29-14-18-13-24-12-16(2)4-9-21(24)23-18/h4-9,12-13,19H,3,10-11,14-15H2,1-2H3/t19-/m0/s1. The van der Waals surface area contributed by atoms with Crippen LogP contribution in [0.4, 0.5) is 0 Å². The Bertz CT molecular complexity index is 1170. The summed E-state index contributed by atoms with van der Waals surface area (Å²) in [6.07, 6.45) is 4.46. The fourth-order valence-electron chi connectivity index (χ4n) is 3.83. The van der Waals surface area contributed by atoms with E-state index in [4.69, 9.17) is 4.74 Å². The minimum Gasteiger partial charge on any atom is -0.487 e. The quantitative estimate of drug-likeness (QED) is 0.604. The number of sulfone groups is 1. The van der Waals surface area contributed by atoms with Gasteiger partial charge in [-0.05, 0) is 56.2 Å². The smallest absolute Gasteiger partial charge is 0.254 e. The average Bonchev–Trinajstić information content (AvgIpc) is 3.29. The fraction of sp³-hybridized carbons (Fsp3) is 0.364. The molecule has 4 rings (SSSR count). The molecule has 0 unspecified atom stereocenters. The van der Waals surface area contributed by atoms with E-state index in [-0.39, 0.29) is 23.5 Å². The van der Waals surface area contributed by atoms with Gasteiger partial charge in [0.2, 0.25) is 0 Å². The van der Waals surface area contributed by atoms with Crippen molar-refractivity contribution in [3.05, 3.63) is 65.6 Å². The number of carbonyl (C=O) groups excluding carboxylic acids is 1. The van der Waals surface area contributed by atoms with Gasteiger partial charge in [0.1, 0.15) is 18.0 Å². The first kappa shape index (κ1) is 20.4. The highest BCUT2D eigenvalue weighted by Gasteiger charge is 2.34. The molecule has 2 aromatic heterocycles. The maximum Gasteiger partial charge on any atom is 0.254 e. The first-order valence-corrected chi connectivity index (χ1v) is 11.9. The molecule has 8 heteroatoms. The van der Waals surface area contributed by atoms with Gasteiger partial charge in [-0.2, -0.15) is 0 Å². The molecule has 1 amide bonds. The zero-order valence-electron chi connectivity index (χ0n) is 17.1. The van der Waals surface area contributed by atoms with Crippen molar-refractivity contribution < 1.29 is 17.9 Å². The lowest BCUT2D eigenvalue weighted by Crippen LogP contribution is -2.40. The Morgan fingerprint density at radius 1 is 1.20 bits per heavy atom. The lowest BCUT2D eigenvalue weighted by molar-refractivity contribution is 0.0708. The van der Waals surface area contributed by atoms with Crippen LogP contribution in [0.25, 0.3) is 5.65 Å². The van der Waals surface area contributed by atoms with Crippen LogP contribution in [0.1, 0.15) is 35.0 Å². The minimum absolute atomic E-state index is 0.0479. The van der Waals surface area contributed by atoms with E-state index in [1.165, 1.54) is 0 Å². The van der Waals surface area contributed by atoms with Crippen molar-refractivity contribution in [1.82, 2.24) is 14.3 Å². The second-order valence-electron chi connectivity index (χ2n) is 7.67. The van der Waals surface area contributed by atoms with Gasteiger partial charge in [-0.15, -0.1) is 0 Å². The number of ether oxygens (including phenoxy) is 1. The Labute approximate surface area is 176 Å². The number of hydrogen-bond donors (Lipinski definition) is 0. The van der Waals surface area contributed by atoms with Crippen molar-refractivity contribution in [3.8, 4) is 5.75 Å². The first-order valence-electron chi connectivity index (χ1n) is 10.0. The van der Waals surface area contributed by atoms with E-state index in [9.17, 15) is 13.2 Å². The lowest BCUT2D eigenvalue weighted by Gasteiger charge is -2.27. The summed E-state index contributed by atoms with van der Waals surface area (Å²) in [7, 11) is -3.04. The summed E-state index contributed by atoms with van der Waals surface area (Å²) < 4.78 is 31.3. The second-order valence-corrected chi connectivity index (χ2v) is 9.89. The van der Waals surface area contributed by atoms with Crippen LogP contribution in [-0.4, -0.2) is 52.7 Å². The average molecular weight is 428 g/mol. The number of amides is 1. The number of aromatic nitrogens is 2. The van der Waals surface area contributed by atoms with Gasteiger partial charge in [0.15, 0.2) is 9.84 Å². The van der Waals surface area contributed by atoms with E-state index in [0.29, 0.717) is 30.9 Å². The first-order chi connectivity index (χ1) is 14.3. The Kier molecular flexibility index (Phi) is 5.51. The summed E-state index contributed by atoms with van der Waals surface area (Å²) >= 11 is 0. The van der Waals surface area contributed by atoms with Gasteiger partial charge in [0.25, 0.3) is 5.91 Å². The number of nitrogens with zero attached hydrogens (tertiary/aromatic N) is 3. The predicted octanol–water partition coefficient (Wildman–Crippen LogP) is 2.87. The van der Waals surface area contributed by atoms with Gasteiger partial charge in [-0.25, -0.2) is 13.4 Å². The normalized spacial score (nSPS) is 17.9. The summed E-state index contributed by atoms with van der Waals surface area (Å²) in [4.78, 5) is 19.1. The van der Waals surface area contributed by atoms with Crippen molar-refractivity contribution in [3.63, 3.8) is 0 Å². The highest BCUT2D eigenvalue weighted by atomic mass is 32.2. The molecule has 0 spiro atoms. The third-order valence-corrected chi connectivity index (χ3v) is 7.14. The molecule has 0 bridgehead atoms. The molecule has 0 saturated carbocycles. The highest BCUT2D eigenvalue weighted by molar-refractivity contribution is 7.91. The van der Waals surface area contributed by atoms with Crippen LogP contribution in [0.5, 0.6) is 5.75 Å². The maximum absolute atomic E-state index is 12.9. The largest absolute Gasteiger partial charge is 0.487 e. The van der Waals surface area contributed by atoms with Crippen LogP contribution in [-0.2, 0) is 16.4 Å². The monoisotopic (exact) mass is 427 g/mol. The molecule has 30 heavy (non-hydrogen) atoms. The molecule has 0 aliphatic carbocycles. The van der Waals surface area contributed by atoms with Crippen LogP contribution < -0.4 is 4.74 Å². The molecule has 3 heterocycles. The van der Waals surface area contributed by atoms with E-state index < -0.39 is 9.84 Å². The Morgan fingerprint density at radius 3 is 2.63 bits per heavy atom. The van der Waals surface area contributed by atoms with Crippen molar-refractivity contribution >= 4 is 21.4 Å². The van der Waals surface area contributed by atoms with Crippen LogP contribution in [0.3, 0.4) is 0 Å². The van der Waals surface area contributed by atoms with Crippen molar-refractivity contribution in [2.75, 3.05) is 18.1 Å². The van der Waals surface area contributed by atoms with Crippen LogP contribution >= 0.6 is 0 Å². The van der Waals surface area contributed by atoms with Gasteiger partial charge < -0.3 is 14.0 Å². The van der Waals surface area contributed by atoms with Crippen molar-refractivity contribution in [2.45, 2.75) is 32.9 Å². The molecular weight excluding hydrogens is 402 g/mol. The number of pyridine rings is 1. The molecule has 1 aliphatic rings. The third kappa shape index (κ3) is 4.33. The summed E-state index contributed by atoms with van der Waals surface area (Å²) in [5.41, 5.74) is 3.37. The van der Waals surface area contributed by atoms with E-state index in [0.717, 1.165) is 16.9 Å². The van der Waals surface area contributed by atoms with Crippen molar-refractivity contribution in [2.24, 2.45) is 0 Å². The minimum atomic E-state index is -3.04. The van der Waals surface area contributed by atoms with Crippen LogP contribution in [0, 0.1) is 6.92 Å². The number of aryl methyl sites for hydroxylation is 1. The van der Waals surface area contributed by atoms with Gasteiger partial charge in [-0.1, -0.05) is 6.07 Å². The van der Waals surface area contributed by atoms with Crippen LogP contribution in [0.2, 0.25) is 0 Å².